The highest BCUT2D eigenvalue weighted by Gasteiger charge is 2.15. The van der Waals surface area contributed by atoms with Gasteiger partial charge in [0.2, 0.25) is 5.88 Å². The van der Waals surface area contributed by atoms with Crippen molar-refractivity contribution in [2.24, 2.45) is 0 Å². The van der Waals surface area contributed by atoms with E-state index in [9.17, 15) is 14.7 Å². The Morgan fingerprint density at radius 3 is 2.31 bits per heavy atom. The van der Waals surface area contributed by atoms with Crippen molar-refractivity contribution in [2.75, 3.05) is 5.32 Å². The van der Waals surface area contributed by atoms with Crippen LogP contribution in [-0.4, -0.2) is 28.1 Å². The first-order chi connectivity index (χ1) is 15.6. The Morgan fingerprint density at radius 2 is 1.62 bits per heavy atom. The Morgan fingerprint density at radius 1 is 0.906 bits per heavy atom. The van der Waals surface area contributed by atoms with Gasteiger partial charge in [-0.25, -0.2) is 9.78 Å². The van der Waals surface area contributed by atoms with Gasteiger partial charge in [-0.2, -0.15) is 0 Å². The molecule has 1 saturated carbocycles. The molecule has 32 heavy (non-hydrogen) atoms. The van der Waals surface area contributed by atoms with Crippen molar-refractivity contribution >= 4 is 17.6 Å². The van der Waals surface area contributed by atoms with E-state index < -0.39 is 11.9 Å². The first-order valence-electron chi connectivity index (χ1n) is 10.6. The predicted molar refractivity (Wildman–Crippen MR) is 120 cm³/mol. The molecule has 1 aliphatic carbocycles. The van der Waals surface area contributed by atoms with Gasteiger partial charge in [0, 0.05) is 12.3 Å². The quantitative estimate of drug-likeness (QED) is 0.509. The first kappa shape index (κ1) is 21.4. The van der Waals surface area contributed by atoms with Crippen molar-refractivity contribution in [1.29, 1.82) is 0 Å². The highest BCUT2D eigenvalue weighted by atomic mass is 16.5. The van der Waals surface area contributed by atoms with E-state index in [2.05, 4.69) is 10.3 Å². The summed E-state index contributed by atoms with van der Waals surface area (Å²) in [5.41, 5.74) is 0.527. The van der Waals surface area contributed by atoms with Crippen LogP contribution < -0.4 is 14.8 Å². The minimum absolute atomic E-state index is 0.0182. The number of ether oxygens (including phenoxy) is 2. The molecule has 2 aromatic carbocycles. The van der Waals surface area contributed by atoms with Crippen molar-refractivity contribution in [3.63, 3.8) is 0 Å². The molecule has 0 radical (unpaired) electrons. The summed E-state index contributed by atoms with van der Waals surface area (Å²) < 4.78 is 11.8. The summed E-state index contributed by atoms with van der Waals surface area (Å²) in [6, 6.07) is 16.8. The lowest BCUT2D eigenvalue weighted by Crippen LogP contribution is -2.19. The fraction of sp³-hybridized carbons (Fsp3) is 0.240. The molecule has 0 atom stereocenters. The molecule has 164 valence electrons. The second kappa shape index (κ2) is 9.96. The van der Waals surface area contributed by atoms with Gasteiger partial charge in [0.25, 0.3) is 5.91 Å². The topological polar surface area (TPSA) is 97.8 Å². The molecule has 1 aliphatic rings. The zero-order chi connectivity index (χ0) is 22.3. The number of hydrogen-bond acceptors (Lipinski definition) is 5. The minimum Gasteiger partial charge on any atom is -0.490 e. The van der Waals surface area contributed by atoms with Crippen LogP contribution in [0.5, 0.6) is 17.4 Å². The first-order valence-corrected chi connectivity index (χ1v) is 10.6. The summed E-state index contributed by atoms with van der Waals surface area (Å²) in [6.07, 6.45) is 7.60. The minimum atomic E-state index is -1.11. The molecular weight excluding hydrogens is 408 g/mol. The number of hydrogen-bond donors (Lipinski definition) is 2. The third-order valence-corrected chi connectivity index (χ3v) is 5.31. The zero-order valence-electron chi connectivity index (χ0n) is 17.5. The average Bonchev–Trinajstić information content (AvgIpc) is 2.82. The Balaban J connectivity index is 1.35. The molecule has 1 amide bonds. The SMILES string of the molecule is O=C(Nc1ccccc1C(=O)O)c1ccc(Oc2ccc(OC3CCCCC3)cc2)nc1. The molecule has 2 N–H and O–H groups in total. The molecule has 0 spiro atoms. The van der Waals surface area contributed by atoms with Crippen LogP contribution in [0.4, 0.5) is 5.69 Å². The third kappa shape index (κ3) is 5.43. The number of para-hydroxylation sites is 1. The number of rotatable bonds is 7. The monoisotopic (exact) mass is 432 g/mol. The molecule has 7 nitrogen and oxygen atoms in total. The summed E-state index contributed by atoms with van der Waals surface area (Å²) in [4.78, 5) is 27.9. The highest BCUT2D eigenvalue weighted by molar-refractivity contribution is 6.07. The third-order valence-electron chi connectivity index (χ3n) is 5.31. The highest BCUT2D eigenvalue weighted by Crippen LogP contribution is 2.26. The van der Waals surface area contributed by atoms with Gasteiger partial charge in [0.15, 0.2) is 0 Å². The van der Waals surface area contributed by atoms with E-state index in [0.717, 1.165) is 18.6 Å². The van der Waals surface area contributed by atoms with Crippen molar-refractivity contribution in [2.45, 2.75) is 38.2 Å². The predicted octanol–water partition coefficient (Wildman–Crippen LogP) is 5.54. The second-order valence-corrected chi connectivity index (χ2v) is 7.64. The fourth-order valence-corrected chi connectivity index (χ4v) is 3.63. The van der Waals surface area contributed by atoms with Crippen molar-refractivity contribution in [1.82, 2.24) is 4.98 Å². The molecule has 7 heteroatoms. The molecule has 3 aromatic rings. The van der Waals surface area contributed by atoms with Gasteiger partial charge < -0.3 is 19.9 Å². The van der Waals surface area contributed by atoms with Crippen LogP contribution in [0.3, 0.4) is 0 Å². The maximum atomic E-state index is 12.5. The van der Waals surface area contributed by atoms with Crippen LogP contribution in [0.25, 0.3) is 0 Å². The molecule has 0 saturated heterocycles. The lowest BCUT2D eigenvalue weighted by Gasteiger charge is -2.23. The number of carbonyl (C=O) groups excluding carboxylic acids is 1. The smallest absolute Gasteiger partial charge is 0.337 e. The molecule has 0 unspecified atom stereocenters. The van der Waals surface area contributed by atoms with Gasteiger partial charge >= 0.3 is 5.97 Å². The molecule has 1 fully saturated rings. The Kier molecular flexibility index (Phi) is 6.65. The number of anilines is 1. The molecule has 0 aliphatic heterocycles. The number of amides is 1. The molecule has 4 rings (SSSR count). The summed E-state index contributed by atoms with van der Waals surface area (Å²) in [6.45, 7) is 0. The van der Waals surface area contributed by atoms with E-state index in [1.807, 2.05) is 24.3 Å². The van der Waals surface area contributed by atoms with Crippen molar-refractivity contribution < 1.29 is 24.2 Å². The van der Waals surface area contributed by atoms with Crippen molar-refractivity contribution in [3.05, 3.63) is 78.0 Å². The Hall–Kier alpha value is -3.87. The molecule has 1 aromatic heterocycles. The van der Waals surface area contributed by atoms with Crippen LogP contribution >= 0.6 is 0 Å². The molecule has 1 heterocycles. The standard InChI is InChI=1S/C25H24N2O5/c28-24(27-22-9-5-4-8-21(22)25(29)30)17-10-15-23(26-16-17)32-20-13-11-19(12-14-20)31-18-6-2-1-3-7-18/h4-5,8-16,18H,1-3,6-7H2,(H,27,28)(H,29,30). The van der Waals surface area contributed by atoms with Gasteiger partial charge in [-0.15, -0.1) is 0 Å². The van der Waals surface area contributed by atoms with Crippen LogP contribution in [0.1, 0.15) is 52.8 Å². The number of nitrogens with zero attached hydrogens (tertiary/aromatic N) is 1. The van der Waals surface area contributed by atoms with Crippen LogP contribution in [0, 0.1) is 0 Å². The number of aromatic carboxylic acids is 1. The van der Waals surface area contributed by atoms with Crippen LogP contribution in [0.15, 0.2) is 66.9 Å². The second-order valence-electron chi connectivity index (χ2n) is 7.64. The number of pyridine rings is 1. The van der Waals surface area contributed by atoms with Crippen molar-refractivity contribution in [3.8, 4) is 17.4 Å². The van der Waals surface area contributed by atoms with E-state index in [1.54, 1.807) is 24.3 Å². The summed E-state index contributed by atoms with van der Waals surface area (Å²) >= 11 is 0. The van der Waals surface area contributed by atoms with Gasteiger partial charge in [-0.1, -0.05) is 18.6 Å². The van der Waals surface area contributed by atoms with E-state index in [0.29, 0.717) is 17.7 Å². The maximum Gasteiger partial charge on any atom is 0.337 e. The maximum absolute atomic E-state index is 12.5. The lowest BCUT2D eigenvalue weighted by molar-refractivity contribution is 0.0698. The number of nitrogens with one attached hydrogen (secondary N) is 1. The number of aromatic nitrogens is 1. The van der Waals surface area contributed by atoms with Crippen LogP contribution in [0.2, 0.25) is 0 Å². The number of carboxylic acids is 1. The van der Waals surface area contributed by atoms with E-state index >= 15 is 0 Å². The summed E-state index contributed by atoms with van der Waals surface area (Å²) in [5.74, 6) is 0.209. The van der Waals surface area contributed by atoms with Crippen LogP contribution in [-0.2, 0) is 0 Å². The molecule has 0 bridgehead atoms. The lowest BCUT2D eigenvalue weighted by atomic mass is 9.98. The number of carbonyl (C=O) groups is 2. The average molecular weight is 432 g/mol. The van der Waals surface area contributed by atoms with Gasteiger partial charge in [0.1, 0.15) is 11.5 Å². The normalized spacial score (nSPS) is 13.9. The zero-order valence-corrected chi connectivity index (χ0v) is 17.5. The van der Waals surface area contributed by atoms with E-state index in [4.69, 9.17) is 9.47 Å². The molecular formula is C25H24N2O5. The number of carboxylic acid groups (broad SMARTS) is 1. The Labute approximate surface area is 186 Å². The number of benzene rings is 2. The Bertz CT molecular complexity index is 1070. The van der Waals surface area contributed by atoms with Gasteiger partial charge in [-0.05, 0) is 68.1 Å². The van der Waals surface area contributed by atoms with E-state index in [1.165, 1.54) is 37.6 Å². The summed E-state index contributed by atoms with van der Waals surface area (Å²) in [5, 5.41) is 11.8. The fourth-order valence-electron chi connectivity index (χ4n) is 3.63. The van der Waals surface area contributed by atoms with Gasteiger partial charge in [0.05, 0.1) is 22.9 Å². The van der Waals surface area contributed by atoms with Gasteiger partial charge in [-0.3, -0.25) is 4.79 Å². The largest absolute Gasteiger partial charge is 0.490 e. The summed E-state index contributed by atoms with van der Waals surface area (Å²) in [7, 11) is 0. The van der Waals surface area contributed by atoms with E-state index in [-0.39, 0.29) is 16.8 Å².